The Balaban J connectivity index is 1.44. The van der Waals surface area contributed by atoms with Crippen LogP contribution in [0.15, 0.2) is 35.1 Å². The maximum Gasteiger partial charge on any atom is 0.417 e. The number of carbonyl (C=O) groups excluding carboxylic acids is 1. The van der Waals surface area contributed by atoms with Crippen molar-refractivity contribution in [3.63, 3.8) is 0 Å². The Morgan fingerprint density at radius 2 is 2.18 bits per heavy atom. The number of halogens is 4. The van der Waals surface area contributed by atoms with Crippen LogP contribution in [-0.4, -0.2) is 32.6 Å². The highest BCUT2D eigenvalue weighted by molar-refractivity contribution is 6.32. The number of amides is 1. The molecule has 0 aliphatic heterocycles. The highest BCUT2D eigenvalue weighted by Crippen LogP contribution is 2.32. The Hall–Kier alpha value is -3.08. The van der Waals surface area contributed by atoms with Gasteiger partial charge in [-0.1, -0.05) is 11.6 Å². The van der Waals surface area contributed by atoms with Crippen LogP contribution in [0.25, 0.3) is 11.6 Å². The van der Waals surface area contributed by atoms with Crippen LogP contribution in [0, 0.1) is 0 Å². The summed E-state index contributed by atoms with van der Waals surface area (Å²) in [6.45, 7) is 0.268. The van der Waals surface area contributed by atoms with Crippen LogP contribution in [0.1, 0.15) is 17.8 Å². The lowest BCUT2D eigenvalue weighted by atomic mass is 10.2. The SMILES string of the molecule is O=C(CCNc1ncc(C(F)(F)F)cc1Cl)NCc1nc(-c2ccco2)n[nH]1. The molecule has 0 aromatic carbocycles. The number of H-pyrrole nitrogens is 1. The molecule has 3 N–H and O–H groups in total. The van der Waals surface area contributed by atoms with Crippen LogP contribution in [0.4, 0.5) is 19.0 Å². The Labute approximate surface area is 161 Å². The van der Waals surface area contributed by atoms with Crippen LogP contribution in [0.2, 0.25) is 5.02 Å². The number of nitrogens with one attached hydrogen (secondary N) is 3. The molecule has 0 radical (unpaired) electrons. The highest BCUT2D eigenvalue weighted by atomic mass is 35.5. The lowest BCUT2D eigenvalue weighted by Crippen LogP contribution is -2.25. The maximum atomic E-state index is 12.6. The van der Waals surface area contributed by atoms with Gasteiger partial charge in [-0.15, -0.1) is 5.10 Å². The first-order chi connectivity index (χ1) is 13.3. The molecule has 0 saturated carbocycles. The van der Waals surface area contributed by atoms with Crippen LogP contribution in [0.5, 0.6) is 0 Å². The van der Waals surface area contributed by atoms with Gasteiger partial charge in [0.1, 0.15) is 11.6 Å². The predicted molar refractivity (Wildman–Crippen MR) is 93.3 cm³/mol. The van der Waals surface area contributed by atoms with E-state index in [1.54, 1.807) is 12.1 Å². The zero-order valence-corrected chi connectivity index (χ0v) is 14.9. The first-order valence-corrected chi connectivity index (χ1v) is 8.39. The van der Waals surface area contributed by atoms with Crippen molar-refractivity contribution in [3.8, 4) is 11.6 Å². The van der Waals surface area contributed by atoms with E-state index in [1.807, 2.05) is 0 Å². The molecule has 0 spiro atoms. The monoisotopic (exact) mass is 414 g/mol. The number of alkyl halides is 3. The van der Waals surface area contributed by atoms with Gasteiger partial charge in [-0.05, 0) is 18.2 Å². The molecule has 0 aliphatic carbocycles. The van der Waals surface area contributed by atoms with Gasteiger partial charge in [-0.2, -0.15) is 13.2 Å². The summed E-state index contributed by atoms with van der Waals surface area (Å²) < 4.78 is 42.9. The number of furan rings is 1. The summed E-state index contributed by atoms with van der Waals surface area (Å²) in [5.74, 6) is 1.09. The van der Waals surface area contributed by atoms with Gasteiger partial charge in [0, 0.05) is 19.2 Å². The minimum absolute atomic E-state index is 0.0538. The second-order valence-corrected chi connectivity index (χ2v) is 6.00. The fourth-order valence-electron chi connectivity index (χ4n) is 2.18. The molecule has 12 heteroatoms. The summed E-state index contributed by atoms with van der Waals surface area (Å²) >= 11 is 5.78. The Kier molecular flexibility index (Phi) is 5.83. The minimum Gasteiger partial charge on any atom is -0.461 e. The molecular formula is C16H14ClF3N6O2. The number of carbonyl (C=O) groups is 1. The topological polar surface area (TPSA) is 109 Å². The summed E-state index contributed by atoms with van der Waals surface area (Å²) in [4.78, 5) is 19.7. The molecule has 8 nitrogen and oxygen atoms in total. The molecule has 0 unspecified atom stereocenters. The van der Waals surface area contributed by atoms with E-state index in [2.05, 4.69) is 30.8 Å². The summed E-state index contributed by atoms with van der Waals surface area (Å²) in [6.07, 6.45) is -2.29. The van der Waals surface area contributed by atoms with E-state index in [-0.39, 0.29) is 36.3 Å². The highest BCUT2D eigenvalue weighted by Gasteiger charge is 2.31. The number of aromatic amines is 1. The molecule has 0 aliphatic rings. The molecule has 0 atom stereocenters. The Morgan fingerprint density at radius 3 is 2.86 bits per heavy atom. The van der Waals surface area contributed by atoms with E-state index >= 15 is 0 Å². The van der Waals surface area contributed by atoms with Gasteiger partial charge in [0.25, 0.3) is 0 Å². The average molecular weight is 415 g/mol. The van der Waals surface area contributed by atoms with E-state index in [0.29, 0.717) is 23.6 Å². The second-order valence-electron chi connectivity index (χ2n) is 5.59. The van der Waals surface area contributed by atoms with E-state index in [4.69, 9.17) is 16.0 Å². The maximum absolute atomic E-state index is 12.6. The number of rotatable bonds is 7. The Bertz CT molecular complexity index is 942. The fourth-order valence-corrected chi connectivity index (χ4v) is 2.41. The molecule has 28 heavy (non-hydrogen) atoms. The molecule has 3 rings (SSSR count). The number of hydrogen-bond acceptors (Lipinski definition) is 6. The molecule has 3 aromatic rings. The van der Waals surface area contributed by atoms with Crippen molar-refractivity contribution < 1.29 is 22.4 Å². The number of anilines is 1. The third-order valence-corrected chi connectivity index (χ3v) is 3.83. The van der Waals surface area contributed by atoms with E-state index < -0.39 is 11.7 Å². The average Bonchev–Trinajstić information content (AvgIpc) is 3.32. The minimum atomic E-state index is -4.52. The van der Waals surface area contributed by atoms with Crippen LogP contribution >= 0.6 is 11.6 Å². The van der Waals surface area contributed by atoms with Crippen molar-refractivity contribution in [2.24, 2.45) is 0 Å². The summed E-state index contributed by atoms with van der Waals surface area (Å²) in [5.41, 5.74) is -0.943. The molecule has 0 fully saturated rings. The summed E-state index contributed by atoms with van der Waals surface area (Å²) in [5, 5.41) is 11.8. The van der Waals surface area contributed by atoms with E-state index in [9.17, 15) is 18.0 Å². The van der Waals surface area contributed by atoms with Crippen LogP contribution in [-0.2, 0) is 17.5 Å². The predicted octanol–water partition coefficient (Wildman–Crippen LogP) is 3.25. The van der Waals surface area contributed by atoms with E-state index in [1.165, 1.54) is 6.26 Å². The molecular weight excluding hydrogens is 401 g/mol. The molecule has 0 saturated heterocycles. The van der Waals surface area contributed by atoms with Crippen molar-refractivity contribution >= 4 is 23.3 Å². The summed E-state index contributed by atoms with van der Waals surface area (Å²) in [6, 6.07) is 4.19. The third-order valence-electron chi connectivity index (χ3n) is 3.54. The second kappa shape index (κ2) is 8.30. The zero-order chi connectivity index (χ0) is 20.1. The molecule has 148 valence electrons. The van der Waals surface area contributed by atoms with Gasteiger partial charge in [0.05, 0.1) is 23.4 Å². The van der Waals surface area contributed by atoms with Crippen LogP contribution in [0.3, 0.4) is 0 Å². The quantitative estimate of drug-likeness (QED) is 0.547. The number of aromatic nitrogens is 4. The largest absolute Gasteiger partial charge is 0.461 e. The van der Waals surface area contributed by atoms with Crippen LogP contribution < -0.4 is 10.6 Å². The van der Waals surface area contributed by atoms with Crippen molar-refractivity contribution in [2.75, 3.05) is 11.9 Å². The van der Waals surface area contributed by atoms with Crippen molar-refractivity contribution in [1.82, 2.24) is 25.5 Å². The number of nitrogens with zero attached hydrogens (tertiary/aromatic N) is 3. The van der Waals surface area contributed by atoms with Gasteiger partial charge in [-0.3, -0.25) is 9.89 Å². The standard InChI is InChI=1S/C16H14ClF3N6O2/c17-10-6-9(16(18,19)20)7-23-14(10)21-4-3-13(27)22-8-12-24-15(26-25-12)11-2-1-5-28-11/h1-2,5-7H,3-4,8H2,(H,21,23)(H,22,27)(H,24,25,26). The van der Waals surface area contributed by atoms with Crippen molar-refractivity contribution in [3.05, 3.63) is 47.1 Å². The molecule has 1 amide bonds. The van der Waals surface area contributed by atoms with Gasteiger partial charge in [-0.25, -0.2) is 9.97 Å². The smallest absolute Gasteiger partial charge is 0.417 e. The zero-order valence-electron chi connectivity index (χ0n) is 14.2. The van der Waals surface area contributed by atoms with Gasteiger partial charge >= 0.3 is 6.18 Å². The van der Waals surface area contributed by atoms with Gasteiger partial charge in [0.15, 0.2) is 5.76 Å². The lowest BCUT2D eigenvalue weighted by molar-refractivity contribution is -0.137. The first kappa shape index (κ1) is 19.7. The normalized spacial score (nSPS) is 11.4. The number of pyridine rings is 1. The summed E-state index contributed by atoms with van der Waals surface area (Å²) in [7, 11) is 0. The molecule has 0 bridgehead atoms. The van der Waals surface area contributed by atoms with Gasteiger partial charge < -0.3 is 15.1 Å². The molecule has 3 aromatic heterocycles. The number of hydrogen-bond donors (Lipinski definition) is 3. The third kappa shape index (κ3) is 5.00. The molecule has 3 heterocycles. The first-order valence-electron chi connectivity index (χ1n) is 8.01. The Morgan fingerprint density at radius 1 is 1.36 bits per heavy atom. The van der Waals surface area contributed by atoms with Crippen molar-refractivity contribution in [1.29, 1.82) is 0 Å². The van der Waals surface area contributed by atoms with Crippen molar-refractivity contribution in [2.45, 2.75) is 19.1 Å². The fraction of sp³-hybridized carbons (Fsp3) is 0.250. The lowest BCUT2D eigenvalue weighted by Gasteiger charge is -2.10. The van der Waals surface area contributed by atoms with E-state index in [0.717, 1.165) is 6.07 Å². The van der Waals surface area contributed by atoms with Gasteiger partial charge in [0.2, 0.25) is 11.7 Å².